The van der Waals surface area contributed by atoms with Crippen LogP contribution in [-0.4, -0.2) is 139 Å². The number of carbonyl (C=O) groups is 5. The molecule has 0 aromatic heterocycles. The molecule has 1 aromatic carbocycles. The van der Waals surface area contributed by atoms with Crippen LogP contribution in [0.15, 0.2) is 30.3 Å². The van der Waals surface area contributed by atoms with E-state index < -0.39 is 139 Å². The smallest absolute Gasteiger partial charge is 0.407 e. The molecule has 0 radical (unpaired) electrons. The molecule has 0 saturated carbocycles. The lowest BCUT2D eigenvalue weighted by molar-refractivity contribution is -0.305. The second-order valence-electron chi connectivity index (χ2n) is 15.7. The zero-order valence-corrected chi connectivity index (χ0v) is 40.6. The number of carbonyl (C=O) groups excluding carboxylic acids is 5. The third-order valence-corrected chi connectivity index (χ3v) is 14.7. The number of hydrogen-bond donors (Lipinski definition) is 3. The number of aliphatic hydroxyl groups is 1. The van der Waals surface area contributed by atoms with E-state index in [0.717, 1.165) is 26.3 Å². The molecule has 0 aliphatic carbocycles. The Morgan fingerprint density at radius 2 is 1.16 bits per heavy atom. The Hall–Kier alpha value is -2.11. The standard InChI is InChI=1S/C37H52Cl6N2O16Si/c1-19(46)52-16-24-28(57-20(2)47)30(58-21(3)48)26(45-34(51)56-18-37(41,42)43)32(60-24)54-15-23-27(49)29(61-62(7,8)35(4,5)6)25(44-33(50)55-17-36(38,39)40)31(59-23)53-14-22-12-10-9-11-13-22/h9-13,23-32,49H,14-18H2,1-8H3,(H,44,50)(H,45,51)/t23?,24?,25-,26-,27-,28-,29?,30?,31-,32-/m1/s1. The predicted octanol–water partition coefficient (Wildman–Crippen LogP) is 5.78. The van der Waals surface area contributed by atoms with Crippen molar-refractivity contribution >= 4 is 108 Å². The summed E-state index contributed by atoms with van der Waals surface area (Å²) in [5.41, 5.74) is 0.721. The van der Waals surface area contributed by atoms with E-state index in [2.05, 4.69) is 10.6 Å². The first-order chi connectivity index (χ1) is 28.6. The Balaban J connectivity index is 2.09. The Kier molecular flexibility index (Phi) is 20.4. The highest BCUT2D eigenvalue weighted by Gasteiger charge is 2.55. The van der Waals surface area contributed by atoms with Gasteiger partial charge in [-0.05, 0) is 23.7 Å². The maximum Gasteiger partial charge on any atom is 0.407 e. The summed E-state index contributed by atoms with van der Waals surface area (Å²) >= 11 is 34.8. The maximum absolute atomic E-state index is 13.2. The van der Waals surface area contributed by atoms with E-state index in [9.17, 15) is 29.1 Å². The van der Waals surface area contributed by atoms with Crippen molar-refractivity contribution in [3.8, 4) is 0 Å². The third-order valence-electron chi connectivity index (χ3n) is 9.60. The molecule has 3 rings (SSSR count). The number of alkyl carbamates (subject to hydrolysis) is 2. The molecule has 2 fully saturated rings. The first-order valence-electron chi connectivity index (χ1n) is 19.0. The second-order valence-corrected chi connectivity index (χ2v) is 25.5. The second kappa shape index (κ2) is 23.4. The average Bonchev–Trinajstić information content (AvgIpc) is 3.14. The van der Waals surface area contributed by atoms with Crippen LogP contribution in [0.4, 0.5) is 9.59 Å². The van der Waals surface area contributed by atoms with Gasteiger partial charge in [0.05, 0.1) is 19.3 Å². The predicted molar refractivity (Wildman–Crippen MR) is 227 cm³/mol. The molecule has 2 aliphatic rings. The maximum atomic E-state index is 13.2. The zero-order chi connectivity index (χ0) is 46.8. The van der Waals surface area contributed by atoms with Crippen LogP contribution >= 0.6 is 69.6 Å². The van der Waals surface area contributed by atoms with Gasteiger partial charge in [0.2, 0.25) is 7.59 Å². The van der Waals surface area contributed by atoms with Gasteiger partial charge in [-0.2, -0.15) is 0 Å². The number of alkyl halides is 6. The van der Waals surface area contributed by atoms with Crippen molar-refractivity contribution in [2.24, 2.45) is 0 Å². The van der Waals surface area contributed by atoms with Gasteiger partial charge < -0.3 is 62.8 Å². The van der Waals surface area contributed by atoms with Gasteiger partial charge in [-0.1, -0.05) is 121 Å². The van der Waals surface area contributed by atoms with Gasteiger partial charge in [0.25, 0.3) is 0 Å². The lowest BCUT2D eigenvalue weighted by Crippen LogP contribution is -2.69. The minimum atomic E-state index is -2.81. The number of benzene rings is 1. The van der Waals surface area contributed by atoms with Crippen molar-refractivity contribution in [2.75, 3.05) is 26.4 Å². The number of nitrogens with one attached hydrogen (secondary N) is 2. The summed E-state index contributed by atoms with van der Waals surface area (Å²) in [5.74, 6) is -2.48. The SMILES string of the molecule is CC(=O)OCC1O[C@@H](OCC2O[C@@H](OCc3ccccc3)[C@H](NC(=O)OCC(Cl)(Cl)Cl)C(O[Si](C)(C)C(C)(C)C)[C@@H]2O)[C@H](NC(=O)OCC(Cl)(Cl)Cl)C(OC(C)=O)[C@@H]1OC(C)=O. The summed E-state index contributed by atoms with van der Waals surface area (Å²) < 4.78 is 54.2. The zero-order valence-electron chi connectivity index (χ0n) is 35.0. The van der Waals surface area contributed by atoms with Gasteiger partial charge in [0.1, 0.15) is 50.2 Å². The molecule has 0 bridgehead atoms. The van der Waals surface area contributed by atoms with E-state index in [1.165, 1.54) is 0 Å². The molecule has 2 saturated heterocycles. The minimum Gasteiger partial charge on any atom is -0.463 e. The summed E-state index contributed by atoms with van der Waals surface area (Å²) in [4.78, 5) is 63.1. The normalized spacial score (nSPS) is 27.0. The van der Waals surface area contributed by atoms with Crippen LogP contribution in [0.1, 0.15) is 47.1 Å². The largest absolute Gasteiger partial charge is 0.463 e. The van der Waals surface area contributed by atoms with Crippen LogP contribution in [0.25, 0.3) is 0 Å². The van der Waals surface area contributed by atoms with Crippen molar-refractivity contribution < 1.29 is 76.1 Å². The van der Waals surface area contributed by atoms with Crippen LogP contribution in [0.2, 0.25) is 18.1 Å². The van der Waals surface area contributed by atoms with Crippen molar-refractivity contribution in [1.82, 2.24) is 10.6 Å². The Morgan fingerprint density at radius 3 is 1.65 bits per heavy atom. The summed E-state index contributed by atoms with van der Waals surface area (Å²) in [7, 11) is -2.81. The molecular weight excluding hydrogens is 969 g/mol. The fourth-order valence-electron chi connectivity index (χ4n) is 5.80. The number of ether oxygens (including phenoxy) is 9. The molecule has 25 heteroatoms. The lowest BCUT2D eigenvalue weighted by atomic mass is 9.95. The summed E-state index contributed by atoms with van der Waals surface area (Å²) in [5, 5.41) is 16.8. The van der Waals surface area contributed by atoms with Crippen molar-refractivity contribution in [1.29, 1.82) is 0 Å². The molecule has 3 N–H and O–H groups in total. The average molecular weight is 1020 g/mol. The molecular formula is C37H52Cl6N2O16Si. The molecule has 2 aliphatic heterocycles. The molecule has 10 atom stereocenters. The van der Waals surface area contributed by atoms with Gasteiger partial charge in [0, 0.05) is 20.8 Å². The number of amides is 2. The highest BCUT2D eigenvalue weighted by molar-refractivity contribution is 6.74. The van der Waals surface area contributed by atoms with Crippen molar-refractivity contribution in [3.05, 3.63) is 35.9 Å². The molecule has 0 spiro atoms. The monoisotopic (exact) mass is 1020 g/mol. The number of hydrogen-bond acceptors (Lipinski definition) is 16. The minimum absolute atomic E-state index is 0.0448. The fraction of sp³-hybridized carbons (Fsp3) is 0.703. The van der Waals surface area contributed by atoms with Crippen LogP contribution in [-0.2, 0) is 68.0 Å². The van der Waals surface area contributed by atoms with Gasteiger partial charge >= 0.3 is 30.1 Å². The fourth-order valence-corrected chi connectivity index (χ4v) is 7.45. The molecule has 62 heavy (non-hydrogen) atoms. The summed E-state index contributed by atoms with van der Waals surface area (Å²) in [6.45, 7) is 10.5. The molecule has 352 valence electrons. The van der Waals surface area contributed by atoms with Gasteiger partial charge in [-0.25, -0.2) is 9.59 Å². The van der Waals surface area contributed by atoms with Crippen LogP contribution in [0.3, 0.4) is 0 Å². The number of halogens is 6. The van der Waals surface area contributed by atoms with Crippen LogP contribution < -0.4 is 10.6 Å². The van der Waals surface area contributed by atoms with Gasteiger partial charge in [-0.3, -0.25) is 14.4 Å². The number of rotatable bonds is 16. The van der Waals surface area contributed by atoms with E-state index in [1.54, 1.807) is 24.3 Å². The first-order valence-corrected chi connectivity index (χ1v) is 24.2. The molecule has 2 amide bonds. The topological polar surface area (TPSA) is 222 Å². The van der Waals surface area contributed by atoms with Crippen molar-refractivity contribution in [2.45, 2.75) is 135 Å². The van der Waals surface area contributed by atoms with E-state index in [0.29, 0.717) is 0 Å². The third kappa shape index (κ3) is 17.7. The summed E-state index contributed by atoms with van der Waals surface area (Å²) in [6, 6.07) is 6.17. The van der Waals surface area contributed by atoms with E-state index in [1.807, 2.05) is 39.9 Å². The van der Waals surface area contributed by atoms with Crippen LogP contribution in [0, 0.1) is 0 Å². The van der Waals surface area contributed by atoms with E-state index in [4.69, 9.17) is 117 Å². The molecule has 18 nitrogen and oxygen atoms in total. The van der Waals surface area contributed by atoms with Gasteiger partial charge in [-0.15, -0.1) is 0 Å². The van der Waals surface area contributed by atoms with Crippen LogP contribution in [0.5, 0.6) is 0 Å². The molecule has 1 aromatic rings. The Labute approximate surface area is 390 Å². The molecule has 4 unspecified atom stereocenters. The quantitative estimate of drug-likeness (QED) is 0.0773. The number of esters is 3. The first kappa shape index (κ1) is 54.2. The summed E-state index contributed by atoms with van der Waals surface area (Å²) in [6.07, 6.45) is -14.0. The van der Waals surface area contributed by atoms with Gasteiger partial charge in [0.15, 0.2) is 33.1 Å². The highest BCUT2D eigenvalue weighted by atomic mass is 35.6. The van der Waals surface area contributed by atoms with E-state index in [-0.39, 0.29) is 6.61 Å². The number of aliphatic hydroxyl groups excluding tert-OH is 1. The molecule has 2 heterocycles. The van der Waals surface area contributed by atoms with Crippen molar-refractivity contribution in [3.63, 3.8) is 0 Å². The lowest BCUT2D eigenvalue weighted by Gasteiger charge is -2.49. The van der Waals surface area contributed by atoms with E-state index >= 15 is 0 Å². The highest BCUT2D eigenvalue weighted by Crippen LogP contribution is 2.40. The Bertz CT molecular complexity index is 1670. The Morgan fingerprint density at radius 1 is 0.677 bits per heavy atom.